The topological polar surface area (TPSA) is 83.4 Å². The van der Waals surface area contributed by atoms with Crippen LogP contribution in [0.2, 0.25) is 0 Å². The smallest absolute Gasteiger partial charge is 0.242 e. The molecule has 0 unspecified atom stereocenters. The summed E-state index contributed by atoms with van der Waals surface area (Å²) in [6.45, 7) is 5.04. The van der Waals surface area contributed by atoms with Gasteiger partial charge in [-0.05, 0) is 42.0 Å². The van der Waals surface area contributed by atoms with Crippen molar-refractivity contribution >= 4 is 11.8 Å². The van der Waals surface area contributed by atoms with Crippen LogP contribution in [-0.2, 0) is 29.1 Å². The molecule has 2 atom stereocenters. The van der Waals surface area contributed by atoms with Crippen LogP contribution < -0.4 is 16.0 Å². The lowest BCUT2D eigenvalue weighted by Gasteiger charge is -2.27. The van der Waals surface area contributed by atoms with Crippen LogP contribution in [0.4, 0.5) is 0 Å². The van der Waals surface area contributed by atoms with E-state index < -0.39 is 6.04 Å². The SMILES string of the molecule is CC(C)C[C@@H](NC(=O)[C@@H]1Cc2ccccc2CN1)C(=O)NCc1ccco1. The van der Waals surface area contributed by atoms with Gasteiger partial charge in [-0.25, -0.2) is 0 Å². The second kappa shape index (κ2) is 8.86. The van der Waals surface area contributed by atoms with E-state index in [4.69, 9.17) is 4.42 Å². The molecule has 0 saturated carbocycles. The summed E-state index contributed by atoms with van der Waals surface area (Å²) >= 11 is 0. The molecule has 3 N–H and O–H groups in total. The van der Waals surface area contributed by atoms with Crippen molar-refractivity contribution in [3.8, 4) is 0 Å². The molecule has 1 aromatic heterocycles. The van der Waals surface area contributed by atoms with Crippen LogP contribution in [0.3, 0.4) is 0 Å². The largest absolute Gasteiger partial charge is 0.467 e. The molecule has 2 amide bonds. The Kier molecular flexibility index (Phi) is 6.29. The second-order valence-corrected chi connectivity index (χ2v) is 7.39. The quantitative estimate of drug-likeness (QED) is 0.698. The van der Waals surface area contributed by atoms with Crippen LogP contribution in [0.15, 0.2) is 47.1 Å². The third-order valence-corrected chi connectivity index (χ3v) is 4.75. The highest BCUT2D eigenvalue weighted by molar-refractivity contribution is 5.90. The van der Waals surface area contributed by atoms with Crippen molar-refractivity contribution in [3.05, 3.63) is 59.5 Å². The minimum absolute atomic E-state index is 0.136. The lowest BCUT2D eigenvalue weighted by atomic mass is 9.95. The molecule has 0 saturated heterocycles. The highest BCUT2D eigenvalue weighted by atomic mass is 16.3. The Morgan fingerprint density at radius 2 is 1.96 bits per heavy atom. The van der Waals surface area contributed by atoms with Crippen molar-refractivity contribution in [2.24, 2.45) is 5.92 Å². The Balaban J connectivity index is 1.60. The molecule has 0 fully saturated rings. The van der Waals surface area contributed by atoms with Crippen LogP contribution in [0.25, 0.3) is 0 Å². The zero-order chi connectivity index (χ0) is 19.2. The van der Waals surface area contributed by atoms with Gasteiger partial charge in [-0.1, -0.05) is 38.1 Å². The van der Waals surface area contributed by atoms with Gasteiger partial charge in [-0.15, -0.1) is 0 Å². The van der Waals surface area contributed by atoms with Crippen molar-refractivity contribution in [1.82, 2.24) is 16.0 Å². The maximum atomic E-state index is 12.8. The van der Waals surface area contributed by atoms with Gasteiger partial charge in [0.1, 0.15) is 11.8 Å². The summed E-state index contributed by atoms with van der Waals surface area (Å²) in [4.78, 5) is 25.4. The van der Waals surface area contributed by atoms with Crippen LogP contribution in [-0.4, -0.2) is 23.9 Å². The number of amides is 2. The molecule has 1 aliphatic heterocycles. The fraction of sp³-hybridized carbons (Fsp3) is 0.429. The van der Waals surface area contributed by atoms with Crippen molar-refractivity contribution in [3.63, 3.8) is 0 Å². The summed E-state index contributed by atoms with van der Waals surface area (Å²) in [5, 5.41) is 9.05. The Morgan fingerprint density at radius 3 is 2.67 bits per heavy atom. The van der Waals surface area contributed by atoms with Gasteiger partial charge < -0.3 is 20.4 Å². The standard InChI is InChI=1S/C21H27N3O3/c1-14(2)10-19(20(25)23-13-17-8-5-9-27-17)24-21(26)18-11-15-6-3-4-7-16(15)12-22-18/h3-9,14,18-19,22H,10-13H2,1-2H3,(H,23,25)(H,24,26)/t18-,19+/m0/s1. The summed E-state index contributed by atoms with van der Waals surface area (Å²) in [7, 11) is 0. The summed E-state index contributed by atoms with van der Waals surface area (Å²) in [6, 6.07) is 10.8. The number of benzene rings is 1. The molecule has 0 aliphatic carbocycles. The lowest BCUT2D eigenvalue weighted by Crippen LogP contribution is -2.54. The van der Waals surface area contributed by atoms with Gasteiger partial charge in [-0.2, -0.15) is 0 Å². The summed E-state index contributed by atoms with van der Waals surface area (Å²) in [6.07, 6.45) is 2.78. The van der Waals surface area contributed by atoms with Crippen LogP contribution in [0.5, 0.6) is 0 Å². The second-order valence-electron chi connectivity index (χ2n) is 7.39. The monoisotopic (exact) mass is 369 g/mol. The Morgan fingerprint density at radius 1 is 1.19 bits per heavy atom. The first-order valence-electron chi connectivity index (χ1n) is 9.43. The average Bonchev–Trinajstić information content (AvgIpc) is 3.18. The fourth-order valence-electron chi connectivity index (χ4n) is 3.33. The molecule has 0 radical (unpaired) electrons. The van der Waals surface area contributed by atoms with E-state index in [1.54, 1.807) is 18.4 Å². The average molecular weight is 369 g/mol. The normalized spacial score (nSPS) is 17.2. The van der Waals surface area contributed by atoms with Crippen LogP contribution >= 0.6 is 0 Å². The molecule has 3 rings (SSSR count). The van der Waals surface area contributed by atoms with E-state index in [0.29, 0.717) is 31.7 Å². The number of hydrogen-bond donors (Lipinski definition) is 3. The van der Waals surface area contributed by atoms with Crippen molar-refractivity contribution in [1.29, 1.82) is 0 Å². The number of fused-ring (bicyclic) bond motifs is 1. The van der Waals surface area contributed by atoms with E-state index in [0.717, 1.165) is 0 Å². The molecular formula is C21H27N3O3. The fourth-order valence-corrected chi connectivity index (χ4v) is 3.33. The molecule has 27 heavy (non-hydrogen) atoms. The molecule has 1 aliphatic rings. The highest BCUT2D eigenvalue weighted by Gasteiger charge is 2.28. The van der Waals surface area contributed by atoms with Gasteiger partial charge >= 0.3 is 0 Å². The molecule has 2 aromatic rings. The van der Waals surface area contributed by atoms with E-state index in [1.165, 1.54) is 11.1 Å². The molecule has 144 valence electrons. The van der Waals surface area contributed by atoms with Gasteiger partial charge in [-0.3, -0.25) is 9.59 Å². The Labute approximate surface area is 159 Å². The maximum Gasteiger partial charge on any atom is 0.242 e. The zero-order valence-electron chi connectivity index (χ0n) is 15.8. The third-order valence-electron chi connectivity index (χ3n) is 4.75. The van der Waals surface area contributed by atoms with E-state index in [9.17, 15) is 9.59 Å². The third kappa shape index (κ3) is 5.20. The van der Waals surface area contributed by atoms with Crippen LogP contribution in [0, 0.1) is 5.92 Å². The van der Waals surface area contributed by atoms with Crippen LogP contribution in [0.1, 0.15) is 37.2 Å². The first-order chi connectivity index (χ1) is 13.0. The molecule has 6 nitrogen and oxygen atoms in total. The predicted octanol–water partition coefficient (Wildman–Crippen LogP) is 2.14. The molecule has 2 heterocycles. The molecule has 6 heteroatoms. The van der Waals surface area contributed by atoms with Gasteiger partial charge in [0.2, 0.25) is 11.8 Å². The van der Waals surface area contributed by atoms with Gasteiger partial charge in [0.05, 0.1) is 18.8 Å². The summed E-state index contributed by atoms with van der Waals surface area (Å²) < 4.78 is 5.24. The number of carbonyl (C=O) groups excluding carboxylic acids is 2. The molecule has 1 aromatic carbocycles. The first kappa shape index (κ1) is 19.2. The molecule has 0 bridgehead atoms. The van der Waals surface area contributed by atoms with Gasteiger partial charge in [0.15, 0.2) is 0 Å². The van der Waals surface area contributed by atoms with E-state index in [2.05, 4.69) is 28.1 Å². The Hall–Kier alpha value is -2.60. The van der Waals surface area contributed by atoms with Crippen molar-refractivity contribution < 1.29 is 14.0 Å². The van der Waals surface area contributed by atoms with Gasteiger partial charge in [0.25, 0.3) is 0 Å². The van der Waals surface area contributed by atoms with E-state index in [-0.39, 0.29) is 23.8 Å². The van der Waals surface area contributed by atoms with E-state index in [1.807, 2.05) is 26.0 Å². The number of rotatable bonds is 7. The number of carbonyl (C=O) groups is 2. The number of furan rings is 1. The minimum atomic E-state index is -0.563. The van der Waals surface area contributed by atoms with Crippen molar-refractivity contribution in [2.75, 3.05) is 0 Å². The Bertz CT molecular complexity index is 771. The number of hydrogen-bond acceptors (Lipinski definition) is 4. The lowest BCUT2D eigenvalue weighted by molar-refractivity contribution is -0.130. The summed E-state index contributed by atoms with van der Waals surface area (Å²) in [5.41, 5.74) is 2.40. The minimum Gasteiger partial charge on any atom is -0.467 e. The highest BCUT2D eigenvalue weighted by Crippen LogP contribution is 2.16. The molecule has 0 spiro atoms. The summed E-state index contributed by atoms with van der Waals surface area (Å²) in [5.74, 6) is 0.640. The maximum absolute atomic E-state index is 12.8. The van der Waals surface area contributed by atoms with Gasteiger partial charge in [0, 0.05) is 6.54 Å². The first-order valence-corrected chi connectivity index (χ1v) is 9.43. The number of nitrogens with one attached hydrogen (secondary N) is 3. The molecular weight excluding hydrogens is 342 g/mol. The van der Waals surface area contributed by atoms with Crippen molar-refractivity contribution in [2.45, 2.75) is 51.9 Å². The van der Waals surface area contributed by atoms with E-state index >= 15 is 0 Å². The zero-order valence-corrected chi connectivity index (χ0v) is 15.8. The predicted molar refractivity (Wildman–Crippen MR) is 103 cm³/mol.